The van der Waals surface area contributed by atoms with E-state index in [-0.39, 0.29) is 23.6 Å². The minimum absolute atomic E-state index is 0.0583. The molecule has 0 saturated heterocycles. The summed E-state index contributed by atoms with van der Waals surface area (Å²) in [5.74, 6) is -1.40. The second-order valence-electron chi connectivity index (χ2n) is 4.01. The Kier molecular flexibility index (Phi) is 3.75. The van der Waals surface area contributed by atoms with Gasteiger partial charge in [-0.1, -0.05) is 18.2 Å². The SMILES string of the molecule is Nc1cc(C(=O)NCc2ccccc2F)ccc1F. The van der Waals surface area contributed by atoms with Gasteiger partial charge in [0.1, 0.15) is 11.6 Å². The van der Waals surface area contributed by atoms with Crippen LogP contribution < -0.4 is 11.1 Å². The van der Waals surface area contributed by atoms with Crippen molar-refractivity contribution in [1.82, 2.24) is 5.32 Å². The number of hydrogen-bond donors (Lipinski definition) is 2. The minimum atomic E-state index is -0.578. The summed E-state index contributed by atoms with van der Waals surface area (Å²) >= 11 is 0. The van der Waals surface area contributed by atoms with Crippen molar-refractivity contribution in [3.05, 3.63) is 65.2 Å². The molecule has 0 aliphatic rings. The van der Waals surface area contributed by atoms with Crippen molar-refractivity contribution in [2.75, 3.05) is 5.73 Å². The number of halogens is 2. The van der Waals surface area contributed by atoms with E-state index in [9.17, 15) is 13.6 Å². The molecule has 1 amide bonds. The Balaban J connectivity index is 2.05. The molecule has 0 atom stereocenters. The van der Waals surface area contributed by atoms with E-state index in [4.69, 9.17) is 5.73 Å². The Morgan fingerprint density at radius 2 is 1.84 bits per heavy atom. The van der Waals surface area contributed by atoms with Gasteiger partial charge in [-0.05, 0) is 24.3 Å². The molecule has 3 nitrogen and oxygen atoms in total. The molecular weight excluding hydrogens is 250 g/mol. The van der Waals surface area contributed by atoms with Crippen molar-refractivity contribution in [3.8, 4) is 0 Å². The number of hydrogen-bond acceptors (Lipinski definition) is 2. The monoisotopic (exact) mass is 262 g/mol. The van der Waals surface area contributed by atoms with E-state index in [1.54, 1.807) is 18.2 Å². The maximum atomic E-state index is 13.3. The van der Waals surface area contributed by atoms with Crippen LogP contribution in [0.25, 0.3) is 0 Å². The Labute approximate surface area is 109 Å². The van der Waals surface area contributed by atoms with Crippen LogP contribution in [0.2, 0.25) is 0 Å². The van der Waals surface area contributed by atoms with Crippen LogP contribution in [-0.2, 0) is 6.54 Å². The molecule has 2 rings (SSSR count). The molecular formula is C14H12F2N2O. The number of amides is 1. The molecule has 0 aromatic heterocycles. The lowest BCUT2D eigenvalue weighted by Crippen LogP contribution is -2.23. The molecule has 0 bridgehead atoms. The van der Waals surface area contributed by atoms with E-state index in [1.807, 2.05) is 0 Å². The van der Waals surface area contributed by atoms with Gasteiger partial charge in [0, 0.05) is 17.7 Å². The van der Waals surface area contributed by atoms with Crippen LogP contribution in [0.15, 0.2) is 42.5 Å². The fourth-order valence-corrected chi connectivity index (χ4v) is 1.60. The molecule has 0 radical (unpaired) electrons. The van der Waals surface area contributed by atoms with E-state index in [2.05, 4.69) is 5.32 Å². The van der Waals surface area contributed by atoms with E-state index in [0.29, 0.717) is 5.56 Å². The van der Waals surface area contributed by atoms with Gasteiger partial charge >= 0.3 is 0 Å². The van der Waals surface area contributed by atoms with Crippen molar-refractivity contribution < 1.29 is 13.6 Å². The third-order valence-electron chi connectivity index (χ3n) is 2.66. The van der Waals surface area contributed by atoms with Crippen LogP contribution in [0.4, 0.5) is 14.5 Å². The normalized spacial score (nSPS) is 10.2. The van der Waals surface area contributed by atoms with Gasteiger partial charge in [0.15, 0.2) is 0 Å². The highest BCUT2D eigenvalue weighted by Crippen LogP contribution is 2.12. The number of nitrogen functional groups attached to an aromatic ring is 1. The van der Waals surface area contributed by atoms with Gasteiger partial charge < -0.3 is 11.1 Å². The predicted octanol–water partition coefficient (Wildman–Crippen LogP) is 2.48. The molecule has 0 unspecified atom stereocenters. The average Bonchev–Trinajstić information content (AvgIpc) is 2.40. The highest BCUT2D eigenvalue weighted by molar-refractivity contribution is 5.94. The molecule has 0 aliphatic carbocycles. The molecule has 2 aromatic carbocycles. The van der Waals surface area contributed by atoms with Crippen molar-refractivity contribution in [2.45, 2.75) is 6.54 Å². The van der Waals surface area contributed by atoms with Crippen LogP contribution >= 0.6 is 0 Å². The fraction of sp³-hybridized carbons (Fsp3) is 0.0714. The number of anilines is 1. The molecule has 5 heteroatoms. The Morgan fingerprint density at radius 1 is 1.11 bits per heavy atom. The summed E-state index contributed by atoms with van der Waals surface area (Å²) in [5.41, 5.74) is 5.89. The summed E-state index contributed by atoms with van der Waals surface area (Å²) in [6.07, 6.45) is 0. The molecule has 0 heterocycles. The topological polar surface area (TPSA) is 55.1 Å². The molecule has 0 aliphatic heterocycles. The van der Waals surface area contributed by atoms with Gasteiger partial charge in [0.05, 0.1) is 5.69 Å². The van der Waals surface area contributed by atoms with Gasteiger partial charge in [0.2, 0.25) is 0 Å². The number of nitrogens with two attached hydrogens (primary N) is 1. The van der Waals surface area contributed by atoms with Crippen molar-refractivity contribution >= 4 is 11.6 Å². The predicted molar refractivity (Wildman–Crippen MR) is 68.4 cm³/mol. The maximum absolute atomic E-state index is 13.3. The summed E-state index contributed by atoms with van der Waals surface area (Å²) in [6, 6.07) is 9.83. The smallest absolute Gasteiger partial charge is 0.251 e. The van der Waals surface area contributed by atoms with Crippen molar-refractivity contribution in [3.63, 3.8) is 0 Å². The largest absolute Gasteiger partial charge is 0.396 e. The maximum Gasteiger partial charge on any atom is 0.251 e. The van der Waals surface area contributed by atoms with Crippen LogP contribution in [0, 0.1) is 11.6 Å². The van der Waals surface area contributed by atoms with Gasteiger partial charge in [0.25, 0.3) is 5.91 Å². The van der Waals surface area contributed by atoms with Gasteiger partial charge in [-0.25, -0.2) is 8.78 Å². The van der Waals surface area contributed by atoms with E-state index >= 15 is 0 Å². The second-order valence-corrected chi connectivity index (χ2v) is 4.01. The van der Waals surface area contributed by atoms with Gasteiger partial charge in [-0.15, -0.1) is 0 Å². The van der Waals surface area contributed by atoms with Gasteiger partial charge in [-0.2, -0.15) is 0 Å². The Hall–Kier alpha value is -2.43. The average molecular weight is 262 g/mol. The van der Waals surface area contributed by atoms with Gasteiger partial charge in [-0.3, -0.25) is 4.79 Å². The standard InChI is InChI=1S/C14H12F2N2O/c15-11-4-2-1-3-10(11)8-18-14(19)9-5-6-12(16)13(17)7-9/h1-7H,8,17H2,(H,18,19). The highest BCUT2D eigenvalue weighted by atomic mass is 19.1. The zero-order valence-electron chi connectivity index (χ0n) is 9.99. The lowest BCUT2D eigenvalue weighted by Gasteiger charge is -2.07. The zero-order valence-corrected chi connectivity index (χ0v) is 9.99. The molecule has 0 saturated carbocycles. The summed E-state index contributed by atoms with van der Waals surface area (Å²) < 4.78 is 26.3. The molecule has 2 aromatic rings. The van der Waals surface area contributed by atoms with Crippen LogP contribution in [0.1, 0.15) is 15.9 Å². The third kappa shape index (κ3) is 3.07. The lowest BCUT2D eigenvalue weighted by atomic mass is 10.1. The zero-order chi connectivity index (χ0) is 13.8. The number of carbonyl (C=O) groups excluding carboxylic acids is 1. The summed E-state index contributed by atoms with van der Waals surface area (Å²) in [4.78, 5) is 11.8. The number of rotatable bonds is 3. The summed E-state index contributed by atoms with van der Waals surface area (Å²) in [5, 5.41) is 2.55. The summed E-state index contributed by atoms with van der Waals surface area (Å²) in [6.45, 7) is 0.0583. The lowest BCUT2D eigenvalue weighted by molar-refractivity contribution is 0.0950. The number of nitrogens with one attached hydrogen (secondary N) is 1. The minimum Gasteiger partial charge on any atom is -0.396 e. The number of benzene rings is 2. The molecule has 0 fully saturated rings. The van der Waals surface area contributed by atoms with E-state index < -0.39 is 11.7 Å². The van der Waals surface area contributed by atoms with Crippen LogP contribution in [-0.4, -0.2) is 5.91 Å². The Morgan fingerprint density at radius 3 is 2.53 bits per heavy atom. The van der Waals surface area contributed by atoms with Crippen LogP contribution in [0.3, 0.4) is 0 Å². The molecule has 19 heavy (non-hydrogen) atoms. The first kappa shape index (κ1) is 13.0. The second kappa shape index (κ2) is 5.48. The van der Waals surface area contributed by atoms with E-state index in [1.165, 1.54) is 18.2 Å². The number of carbonyl (C=O) groups is 1. The van der Waals surface area contributed by atoms with Crippen molar-refractivity contribution in [2.24, 2.45) is 0 Å². The first-order valence-corrected chi connectivity index (χ1v) is 5.64. The quantitative estimate of drug-likeness (QED) is 0.835. The first-order chi connectivity index (χ1) is 9.08. The first-order valence-electron chi connectivity index (χ1n) is 5.64. The Bertz CT molecular complexity index is 614. The van der Waals surface area contributed by atoms with Crippen molar-refractivity contribution in [1.29, 1.82) is 0 Å². The summed E-state index contributed by atoms with van der Waals surface area (Å²) in [7, 11) is 0. The molecule has 3 N–H and O–H groups in total. The molecule has 0 spiro atoms. The fourth-order valence-electron chi connectivity index (χ4n) is 1.60. The molecule has 98 valence electrons. The van der Waals surface area contributed by atoms with Crippen LogP contribution in [0.5, 0.6) is 0 Å². The van der Waals surface area contributed by atoms with E-state index in [0.717, 1.165) is 6.07 Å². The highest BCUT2D eigenvalue weighted by Gasteiger charge is 2.09. The third-order valence-corrected chi connectivity index (χ3v) is 2.66.